The lowest BCUT2D eigenvalue weighted by Crippen LogP contribution is -2.15. The third kappa shape index (κ3) is 2.27. The second kappa shape index (κ2) is 5.21. The molecule has 0 fully saturated rings. The van der Waals surface area contributed by atoms with Crippen molar-refractivity contribution in [3.8, 4) is 0 Å². The molecule has 0 amide bonds. The zero-order valence-electron chi connectivity index (χ0n) is 11.5. The Labute approximate surface area is 118 Å². The molecule has 2 heterocycles. The van der Waals surface area contributed by atoms with E-state index in [-0.39, 0.29) is 11.9 Å². The van der Waals surface area contributed by atoms with Crippen LogP contribution in [0.3, 0.4) is 0 Å². The Kier molecular flexibility index (Phi) is 3.40. The number of anilines is 2. The molecule has 0 aliphatic carbocycles. The fourth-order valence-corrected chi connectivity index (χ4v) is 2.61. The first-order chi connectivity index (χ1) is 9.69. The second-order valence-electron chi connectivity index (χ2n) is 5.13. The van der Waals surface area contributed by atoms with Crippen LogP contribution in [0.4, 0.5) is 15.8 Å². The average Bonchev–Trinajstić information content (AvgIpc) is 2.89. The lowest BCUT2D eigenvalue weighted by molar-refractivity contribution is 0.628. The van der Waals surface area contributed by atoms with E-state index in [0.717, 1.165) is 36.5 Å². The molecule has 0 saturated carbocycles. The molecular weight excluding hydrogens is 253 g/mol. The van der Waals surface area contributed by atoms with Gasteiger partial charge in [0, 0.05) is 18.3 Å². The van der Waals surface area contributed by atoms with E-state index in [1.54, 1.807) is 6.07 Å². The van der Waals surface area contributed by atoms with Gasteiger partial charge in [0.05, 0.1) is 17.6 Å². The molecule has 1 atom stereocenters. The molecule has 3 rings (SSSR count). The van der Waals surface area contributed by atoms with Crippen LogP contribution in [0.5, 0.6) is 0 Å². The maximum absolute atomic E-state index is 13.4. The molecule has 1 unspecified atom stereocenters. The van der Waals surface area contributed by atoms with Gasteiger partial charge in [-0.25, -0.2) is 4.39 Å². The van der Waals surface area contributed by atoms with Gasteiger partial charge in [0.25, 0.3) is 0 Å². The minimum Gasteiger partial charge on any atom is -0.340 e. The number of hydrogen-bond donors (Lipinski definition) is 1. The van der Waals surface area contributed by atoms with Crippen molar-refractivity contribution in [2.24, 2.45) is 5.73 Å². The van der Waals surface area contributed by atoms with Crippen LogP contribution < -0.4 is 10.6 Å². The third-order valence-electron chi connectivity index (χ3n) is 3.85. The average molecular weight is 271 g/mol. The van der Waals surface area contributed by atoms with Gasteiger partial charge in [-0.15, -0.1) is 0 Å². The van der Waals surface area contributed by atoms with Gasteiger partial charge < -0.3 is 10.6 Å². The molecule has 0 saturated heterocycles. The van der Waals surface area contributed by atoms with Crippen LogP contribution in [0.1, 0.15) is 30.6 Å². The Morgan fingerprint density at radius 2 is 2.20 bits per heavy atom. The molecule has 2 N–H and O–H groups in total. The van der Waals surface area contributed by atoms with Crippen LogP contribution in [0, 0.1) is 5.82 Å². The summed E-state index contributed by atoms with van der Waals surface area (Å²) in [5.74, 6) is -0.201. The lowest BCUT2D eigenvalue weighted by atomic mass is 10.1. The van der Waals surface area contributed by atoms with Gasteiger partial charge in [0.2, 0.25) is 0 Å². The highest BCUT2D eigenvalue weighted by molar-refractivity contribution is 5.69. The summed E-state index contributed by atoms with van der Waals surface area (Å²) in [4.78, 5) is 6.53. The summed E-state index contributed by atoms with van der Waals surface area (Å²) in [6.07, 6.45) is 3.63. The maximum atomic E-state index is 13.4. The third-order valence-corrected chi connectivity index (χ3v) is 3.85. The topological polar surface area (TPSA) is 42.1 Å². The standard InChI is InChI=1S/C16H18FN3/c1-2-14(18)15-6-5-13(10-19-15)20-8-7-11-3-4-12(17)9-16(11)20/h3-6,9-10,14H,2,7-8,18H2,1H3. The minimum absolute atomic E-state index is 0.0210. The van der Waals surface area contributed by atoms with E-state index < -0.39 is 0 Å². The van der Waals surface area contributed by atoms with E-state index >= 15 is 0 Å². The first-order valence-electron chi connectivity index (χ1n) is 6.96. The summed E-state index contributed by atoms with van der Waals surface area (Å²) < 4.78 is 13.4. The normalized spacial score (nSPS) is 15.2. The van der Waals surface area contributed by atoms with Gasteiger partial charge in [-0.05, 0) is 42.7 Å². The molecular formula is C16H18FN3. The number of halogens is 1. The predicted octanol–water partition coefficient (Wildman–Crippen LogP) is 3.32. The number of rotatable bonds is 3. The van der Waals surface area contributed by atoms with Gasteiger partial charge in [-0.3, -0.25) is 4.98 Å². The molecule has 1 aliphatic heterocycles. The molecule has 104 valence electrons. The van der Waals surface area contributed by atoms with Crippen LogP contribution in [-0.2, 0) is 6.42 Å². The number of benzene rings is 1. The van der Waals surface area contributed by atoms with Crippen LogP contribution in [-0.4, -0.2) is 11.5 Å². The highest BCUT2D eigenvalue weighted by atomic mass is 19.1. The van der Waals surface area contributed by atoms with Crippen molar-refractivity contribution in [1.82, 2.24) is 4.98 Å². The molecule has 1 aromatic carbocycles. The molecule has 0 bridgehead atoms. The first kappa shape index (κ1) is 13.1. The minimum atomic E-state index is -0.201. The van der Waals surface area contributed by atoms with E-state index in [4.69, 9.17) is 5.73 Å². The van der Waals surface area contributed by atoms with Crippen molar-refractivity contribution in [3.63, 3.8) is 0 Å². The van der Waals surface area contributed by atoms with Gasteiger partial charge in [0.15, 0.2) is 0 Å². The summed E-state index contributed by atoms with van der Waals surface area (Å²) in [5, 5.41) is 0. The van der Waals surface area contributed by atoms with Crippen LogP contribution in [0.25, 0.3) is 0 Å². The molecule has 2 aromatic rings. The highest BCUT2D eigenvalue weighted by Gasteiger charge is 2.21. The number of nitrogens with two attached hydrogens (primary N) is 1. The Hall–Kier alpha value is -1.94. The van der Waals surface area contributed by atoms with E-state index in [1.807, 2.05) is 31.3 Å². The Morgan fingerprint density at radius 1 is 1.35 bits per heavy atom. The Morgan fingerprint density at radius 3 is 2.90 bits per heavy atom. The Balaban J connectivity index is 1.90. The van der Waals surface area contributed by atoms with Crippen LogP contribution in [0.2, 0.25) is 0 Å². The van der Waals surface area contributed by atoms with E-state index in [0.29, 0.717) is 0 Å². The van der Waals surface area contributed by atoms with Crippen molar-refractivity contribution in [2.75, 3.05) is 11.4 Å². The quantitative estimate of drug-likeness (QED) is 0.931. The molecule has 3 nitrogen and oxygen atoms in total. The SMILES string of the molecule is CCC(N)c1ccc(N2CCc3ccc(F)cc32)cn1. The first-order valence-corrected chi connectivity index (χ1v) is 6.96. The largest absolute Gasteiger partial charge is 0.340 e. The number of nitrogens with zero attached hydrogens (tertiary/aromatic N) is 2. The fourth-order valence-electron chi connectivity index (χ4n) is 2.61. The van der Waals surface area contributed by atoms with Crippen LogP contribution in [0.15, 0.2) is 36.5 Å². The van der Waals surface area contributed by atoms with Crippen molar-refractivity contribution in [3.05, 3.63) is 53.6 Å². The monoisotopic (exact) mass is 271 g/mol. The number of hydrogen-bond acceptors (Lipinski definition) is 3. The zero-order valence-corrected chi connectivity index (χ0v) is 11.5. The van der Waals surface area contributed by atoms with Crippen molar-refractivity contribution in [1.29, 1.82) is 0 Å². The van der Waals surface area contributed by atoms with Gasteiger partial charge >= 0.3 is 0 Å². The van der Waals surface area contributed by atoms with Crippen molar-refractivity contribution >= 4 is 11.4 Å². The van der Waals surface area contributed by atoms with Gasteiger partial charge in [-0.2, -0.15) is 0 Å². The van der Waals surface area contributed by atoms with E-state index in [2.05, 4.69) is 9.88 Å². The van der Waals surface area contributed by atoms with Gasteiger partial charge in [-0.1, -0.05) is 13.0 Å². The molecule has 1 aliphatic rings. The predicted molar refractivity (Wildman–Crippen MR) is 78.6 cm³/mol. The van der Waals surface area contributed by atoms with Crippen LogP contribution >= 0.6 is 0 Å². The molecule has 0 spiro atoms. The number of pyridine rings is 1. The fraction of sp³-hybridized carbons (Fsp3) is 0.312. The summed E-state index contributed by atoms with van der Waals surface area (Å²) in [6, 6.07) is 8.92. The smallest absolute Gasteiger partial charge is 0.125 e. The summed E-state index contributed by atoms with van der Waals surface area (Å²) >= 11 is 0. The Bertz CT molecular complexity index is 610. The van der Waals surface area contributed by atoms with Gasteiger partial charge in [0.1, 0.15) is 5.82 Å². The zero-order chi connectivity index (χ0) is 14.1. The molecule has 0 radical (unpaired) electrons. The van der Waals surface area contributed by atoms with E-state index in [1.165, 1.54) is 11.6 Å². The molecule has 1 aromatic heterocycles. The van der Waals surface area contributed by atoms with Crippen molar-refractivity contribution in [2.45, 2.75) is 25.8 Å². The number of aromatic nitrogens is 1. The lowest BCUT2D eigenvalue weighted by Gasteiger charge is -2.20. The maximum Gasteiger partial charge on any atom is 0.125 e. The van der Waals surface area contributed by atoms with E-state index in [9.17, 15) is 4.39 Å². The summed E-state index contributed by atoms with van der Waals surface area (Å²) in [7, 11) is 0. The van der Waals surface area contributed by atoms with Crippen molar-refractivity contribution < 1.29 is 4.39 Å². The molecule has 4 heteroatoms. The number of fused-ring (bicyclic) bond motifs is 1. The highest BCUT2D eigenvalue weighted by Crippen LogP contribution is 2.34. The molecule has 20 heavy (non-hydrogen) atoms. The summed E-state index contributed by atoms with van der Waals surface area (Å²) in [5.41, 5.74) is 9.98. The summed E-state index contributed by atoms with van der Waals surface area (Å²) in [6.45, 7) is 2.90. The second-order valence-corrected chi connectivity index (χ2v) is 5.13.